The first-order valence-electron chi connectivity index (χ1n) is 6.60. The third-order valence-electron chi connectivity index (χ3n) is 3.78. The topological polar surface area (TPSA) is 30.0 Å². The first kappa shape index (κ1) is 12.5. The zero-order chi connectivity index (χ0) is 13.6. The van der Waals surface area contributed by atoms with Gasteiger partial charge in [0.15, 0.2) is 5.01 Å². The summed E-state index contributed by atoms with van der Waals surface area (Å²) in [5.74, 6) is 0.501. The largest absolute Gasteiger partial charge is 0.286 e. The molecule has 0 N–H and O–H groups in total. The van der Waals surface area contributed by atoms with Crippen molar-refractivity contribution in [2.75, 3.05) is 0 Å². The number of aromatic nitrogens is 1. The van der Waals surface area contributed by atoms with E-state index in [9.17, 15) is 4.79 Å². The van der Waals surface area contributed by atoms with Gasteiger partial charge in [-0.3, -0.25) is 4.79 Å². The van der Waals surface area contributed by atoms with Gasteiger partial charge in [-0.2, -0.15) is 0 Å². The average Bonchev–Trinajstić information content (AvgIpc) is 2.91. The number of hydrogen-bond donors (Lipinski definition) is 0. The summed E-state index contributed by atoms with van der Waals surface area (Å²) in [6.45, 7) is 6.68. The van der Waals surface area contributed by atoms with Gasteiger partial charge in [-0.1, -0.05) is 51.1 Å². The molecule has 1 unspecified atom stereocenters. The molecule has 2 aromatic rings. The molecule has 1 aromatic heterocycles. The summed E-state index contributed by atoms with van der Waals surface area (Å²) in [6.07, 6.45) is 1.13. The molecule has 0 radical (unpaired) electrons. The highest BCUT2D eigenvalue weighted by molar-refractivity contribution is 7.14. The number of carbonyl (C=O) groups excluding carboxylic acids is 1. The molecule has 1 aliphatic rings. The van der Waals surface area contributed by atoms with E-state index < -0.39 is 0 Å². The molecule has 0 aliphatic heterocycles. The van der Waals surface area contributed by atoms with Gasteiger partial charge < -0.3 is 0 Å². The number of carbonyl (C=O) groups is 1. The molecule has 1 heterocycles. The van der Waals surface area contributed by atoms with E-state index in [1.54, 1.807) is 11.3 Å². The predicted octanol–water partition coefficient (Wildman–Crippen LogP) is 4.16. The summed E-state index contributed by atoms with van der Waals surface area (Å²) in [7, 11) is 0. The molecule has 1 aromatic carbocycles. The molecule has 1 atom stereocenters. The average molecular weight is 271 g/mol. The standard InChI is InChI=1S/C16H17NOS/c1-10-9-16(2,3)14-12(10)17-15(19-14)13(18)11-7-5-4-6-8-11/h4-8,10H,9H2,1-3H3. The Kier molecular flexibility index (Phi) is 2.82. The van der Waals surface area contributed by atoms with E-state index in [2.05, 4.69) is 25.8 Å². The maximum atomic E-state index is 12.4. The van der Waals surface area contributed by atoms with Crippen LogP contribution in [-0.4, -0.2) is 10.8 Å². The van der Waals surface area contributed by atoms with E-state index in [1.165, 1.54) is 4.88 Å². The smallest absolute Gasteiger partial charge is 0.221 e. The second-order valence-corrected chi connectivity index (χ2v) is 6.92. The minimum atomic E-state index is 0.0444. The van der Waals surface area contributed by atoms with Crippen molar-refractivity contribution in [1.82, 2.24) is 4.98 Å². The summed E-state index contributed by atoms with van der Waals surface area (Å²) in [5, 5.41) is 0.635. The second-order valence-electron chi connectivity index (χ2n) is 5.92. The van der Waals surface area contributed by atoms with Crippen molar-refractivity contribution in [1.29, 1.82) is 0 Å². The van der Waals surface area contributed by atoms with Crippen LogP contribution in [0.3, 0.4) is 0 Å². The van der Waals surface area contributed by atoms with Gasteiger partial charge in [0.05, 0.1) is 5.69 Å². The lowest BCUT2D eigenvalue weighted by atomic mass is 9.91. The number of benzene rings is 1. The fourth-order valence-corrected chi connectivity index (χ4v) is 4.17. The lowest BCUT2D eigenvalue weighted by molar-refractivity contribution is 0.103. The Morgan fingerprint density at radius 1 is 1.32 bits per heavy atom. The number of fused-ring (bicyclic) bond motifs is 1. The van der Waals surface area contributed by atoms with Crippen LogP contribution in [0.1, 0.15) is 59.0 Å². The normalized spacial score (nSPS) is 20.3. The molecule has 0 spiro atoms. The Labute approximate surface area is 117 Å². The highest BCUT2D eigenvalue weighted by Gasteiger charge is 2.39. The molecule has 98 valence electrons. The maximum absolute atomic E-state index is 12.4. The quantitative estimate of drug-likeness (QED) is 0.768. The van der Waals surface area contributed by atoms with Crippen LogP contribution in [-0.2, 0) is 5.41 Å². The second kappa shape index (κ2) is 4.27. The van der Waals surface area contributed by atoms with Gasteiger partial charge in [-0.25, -0.2) is 4.98 Å². The van der Waals surface area contributed by atoms with Crippen molar-refractivity contribution in [3.63, 3.8) is 0 Å². The van der Waals surface area contributed by atoms with Crippen LogP contribution in [0.5, 0.6) is 0 Å². The van der Waals surface area contributed by atoms with E-state index in [-0.39, 0.29) is 11.2 Å². The Morgan fingerprint density at radius 3 is 2.63 bits per heavy atom. The molecular formula is C16H17NOS. The lowest BCUT2D eigenvalue weighted by Crippen LogP contribution is -2.10. The van der Waals surface area contributed by atoms with Crippen LogP contribution in [0.4, 0.5) is 0 Å². The van der Waals surface area contributed by atoms with Crippen LogP contribution < -0.4 is 0 Å². The van der Waals surface area contributed by atoms with Crippen LogP contribution in [0.2, 0.25) is 0 Å². The van der Waals surface area contributed by atoms with Crippen molar-refractivity contribution in [2.24, 2.45) is 0 Å². The first-order chi connectivity index (χ1) is 8.99. The van der Waals surface area contributed by atoms with Crippen molar-refractivity contribution in [3.8, 4) is 0 Å². The van der Waals surface area contributed by atoms with Crippen molar-refractivity contribution < 1.29 is 4.79 Å². The first-order valence-corrected chi connectivity index (χ1v) is 7.41. The fourth-order valence-electron chi connectivity index (χ4n) is 2.92. The Morgan fingerprint density at radius 2 is 2.00 bits per heavy atom. The van der Waals surface area contributed by atoms with Crippen molar-refractivity contribution in [3.05, 3.63) is 51.5 Å². The number of hydrogen-bond acceptors (Lipinski definition) is 3. The predicted molar refractivity (Wildman–Crippen MR) is 78.0 cm³/mol. The molecule has 3 rings (SSSR count). The molecule has 1 aliphatic carbocycles. The van der Waals surface area contributed by atoms with E-state index >= 15 is 0 Å². The molecular weight excluding hydrogens is 254 g/mol. The monoisotopic (exact) mass is 271 g/mol. The van der Waals surface area contributed by atoms with E-state index in [0.717, 1.165) is 17.7 Å². The van der Waals surface area contributed by atoms with Gasteiger partial charge in [0.1, 0.15) is 0 Å². The Balaban J connectivity index is 2.01. The third-order valence-corrected chi connectivity index (χ3v) is 5.22. The summed E-state index contributed by atoms with van der Waals surface area (Å²) in [4.78, 5) is 18.3. The van der Waals surface area contributed by atoms with Crippen LogP contribution in [0.15, 0.2) is 30.3 Å². The zero-order valence-corrected chi connectivity index (χ0v) is 12.3. The summed E-state index contributed by atoms with van der Waals surface area (Å²) in [6, 6.07) is 9.40. The molecule has 19 heavy (non-hydrogen) atoms. The van der Waals surface area contributed by atoms with Crippen LogP contribution >= 0.6 is 11.3 Å². The zero-order valence-electron chi connectivity index (χ0n) is 11.4. The minimum absolute atomic E-state index is 0.0444. The van der Waals surface area contributed by atoms with Gasteiger partial charge in [0.25, 0.3) is 0 Å². The van der Waals surface area contributed by atoms with Crippen LogP contribution in [0.25, 0.3) is 0 Å². The highest BCUT2D eigenvalue weighted by atomic mass is 32.1. The van der Waals surface area contributed by atoms with Gasteiger partial charge >= 0.3 is 0 Å². The molecule has 0 amide bonds. The summed E-state index contributed by atoms with van der Waals surface area (Å²) < 4.78 is 0. The van der Waals surface area contributed by atoms with Gasteiger partial charge in [-0.15, -0.1) is 11.3 Å². The number of thiazole rings is 1. The number of rotatable bonds is 2. The number of ketones is 1. The van der Waals surface area contributed by atoms with Crippen LogP contribution in [0, 0.1) is 0 Å². The van der Waals surface area contributed by atoms with E-state index in [4.69, 9.17) is 0 Å². The Bertz CT molecular complexity index is 627. The maximum Gasteiger partial charge on any atom is 0.221 e. The SMILES string of the molecule is CC1CC(C)(C)c2sc(C(=O)c3ccccc3)nc21. The van der Waals surface area contributed by atoms with Gasteiger partial charge in [-0.05, 0) is 6.42 Å². The molecule has 0 saturated heterocycles. The lowest BCUT2D eigenvalue weighted by Gasteiger charge is -2.16. The summed E-state index contributed by atoms with van der Waals surface area (Å²) in [5.41, 5.74) is 2.01. The molecule has 0 fully saturated rings. The van der Waals surface area contributed by atoms with Crippen molar-refractivity contribution >= 4 is 17.1 Å². The van der Waals surface area contributed by atoms with E-state index in [1.807, 2.05) is 30.3 Å². The van der Waals surface area contributed by atoms with E-state index in [0.29, 0.717) is 10.9 Å². The van der Waals surface area contributed by atoms with Gasteiger partial charge in [0, 0.05) is 21.8 Å². The minimum Gasteiger partial charge on any atom is -0.286 e. The summed E-state index contributed by atoms with van der Waals surface area (Å²) >= 11 is 1.57. The fraction of sp³-hybridized carbons (Fsp3) is 0.375. The molecule has 0 saturated carbocycles. The number of nitrogens with zero attached hydrogens (tertiary/aromatic N) is 1. The Hall–Kier alpha value is -1.48. The van der Waals surface area contributed by atoms with Crippen molar-refractivity contribution in [2.45, 2.75) is 38.5 Å². The highest BCUT2D eigenvalue weighted by Crippen LogP contribution is 2.48. The molecule has 3 heteroatoms. The molecule has 2 nitrogen and oxygen atoms in total. The molecule has 0 bridgehead atoms. The third kappa shape index (κ3) is 2.02. The van der Waals surface area contributed by atoms with Gasteiger partial charge in [0.2, 0.25) is 5.78 Å².